The summed E-state index contributed by atoms with van der Waals surface area (Å²) >= 11 is 0. The summed E-state index contributed by atoms with van der Waals surface area (Å²) in [6.45, 7) is 5.27. The highest BCUT2D eigenvalue weighted by atomic mass is 16.1. The molecule has 0 aliphatic carbocycles. The Hall–Kier alpha value is -1.15. The minimum atomic E-state index is 0.372. The second-order valence-corrected chi connectivity index (χ2v) is 4.67. The maximum absolute atomic E-state index is 11.4. The molecular weight excluding hydrogens is 198 g/mol. The van der Waals surface area contributed by atoms with Crippen LogP contribution in [-0.4, -0.2) is 23.3 Å². The summed E-state index contributed by atoms with van der Waals surface area (Å²) in [5.41, 5.74) is 1.34. The SMILES string of the molecule is C[C@H]1CC(=O)CCN1[C@@H](C)c1ccccc1. The molecule has 0 amide bonds. The summed E-state index contributed by atoms with van der Waals surface area (Å²) in [6, 6.07) is 11.3. The molecule has 0 N–H and O–H groups in total. The zero-order valence-corrected chi connectivity index (χ0v) is 10.0. The summed E-state index contributed by atoms with van der Waals surface area (Å²) in [7, 11) is 0. The number of likely N-dealkylation sites (tertiary alicyclic amines) is 1. The molecule has 2 rings (SSSR count). The van der Waals surface area contributed by atoms with Gasteiger partial charge in [0.15, 0.2) is 0 Å². The van der Waals surface area contributed by atoms with Crippen molar-refractivity contribution in [3.63, 3.8) is 0 Å². The molecule has 1 saturated heterocycles. The van der Waals surface area contributed by atoms with Crippen LogP contribution in [0.5, 0.6) is 0 Å². The fraction of sp³-hybridized carbons (Fsp3) is 0.500. The molecule has 0 radical (unpaired) electrons. The number of carbonyl (C=O) groups is 1. The quantitative estimate of drug-likeness (QED) is 0.759. The highest BCUT2D eigenvalue weighted by molar-refractivity contribution is 5.79. The third kappa shape index (κ3) is 2.33. The Morgan fingerprint density at radius 1 is 1.31 bits per heavy atom. The first-order chi connectivity index (χ1) is 7.68. The van der Waals surface area contributed by atoms with Gasteiger partial charge in [-0.25, -0.2) is 0 Å². The zero-order chi connectivity index (χ0) is 11.5. The molecule has 16 heavy (non-hydrogen) atoms. The van der Waals surface area contributed by atoms with Crippen LogP contribution in [0.25, 0.3) is 0 Å². The summed E-state index contributed by atoms with van der Waals surface area (Å²) in [5.74, 6) is 0.406. The second-order valence-electron chi connectivity index (χ2n) is 4.67. The average Bonchev–Trinajstić information content (AvgIpc) is 2.29. The third-order valence-electron chi connectivity index (χ3n) is 3.52. The van der Waals surface area contributed by atoms with Gasteiger partial charge in [-0.15, -0.1) is 0 Å². The van der Waals surface area contributed by atoms with Gasteiger partial charge < -0.3 is 0 Å². The summed E-state index contributed by atoms with van der Waals surface area (Å²) in [4.78, 5) is 13.8. The molecule has 1 aromatic carbocycles. The van der Waals surface area contributed by atoms with Crippen molar-refractivity contribution in [2.45, 2.75) is 38.8 Å². The first-order valence-corrected chi connectivity index (χ1v) is 6.01. The van der Waals surface area contributed by atoms with Gasteiger partial charge in [0.2, 0.25) is 0 Å². The lowest BCUT2D eigenvalue weighted by Crippen LogP contribution is -2.42. The van der Waals surface area contributed by atoms with E-state index in [1.54, 1.807) is 0 Å². The topological polar surface area (TPSA) is 20.3 Å². The van der Waals surface area contributed by atoms with Gasteiger partial charge in [0.1, 0.15) is 5.78 Å². The number of benzene rings is 1. The molecule has 86 valence electrons. The molecular formula is C14H19NO. The first-order valence-electron chi connectivity index (χ1n) is 6.01. The smallest absolute Gasteiger partial charge is 0.135 e. The molecule has 0 aromatic heterocycles. The molecule has 1 aromatic rings. The number of nitrogens with zero attached hydrogens (tertiary/aromatic N) is 1. The zero-order valence-electron chi connectivity index (χ0n) is 10.0. The van der Waals surface area contributed by atoms with Crippen molar-refractivity contribution in [1.29, 1.82) is 0 Å². The van der Waals surface area contributed by atoms with E-state index in [1.165, 1.54) is 5.56 Å². The molecule has 2 heteroatoms. The van der Waals surface area contributed by atoms with E-state index in [9.17, 15) is 4.79 Å². The van der Waals surface area contributed by atoms with Crippen molar-refractivity contribution in [2.24, 2.45) is 0 Å². The lowest BCUT2D eigenvalue weighted by Gasteiger charge is -2.37. The number of ketones is 1. The minimum Gasteiger partial charge on any atom is -0.300 e. The Kier molecular flexibility index (Phi) is 3.39. The molecule has 1 heterocycles. The van der Waals surface area contributed by atoms with Crippen LogP contribution < -0.4 is 0 Å². The largest absolute Gasteiger partial charge is 0.300 e. The van der Waals surface area contributed by atoms with E-state index in [4.69, 9.17) is 0 Å². The van der Waals surface area contributed by atoms with Crippen molar-refractivity contribution in [1.82, 2.24) is 4.90 Å². The fourth-order valence-corrected chi connectivity index (χ4v) is 2.52. The van der Waals surface area contributed by atoms with Crippen molar-refractivity contribution >= 4 is 5.78 Å². The number of carbonyl (C=O) groups excluding carboxylic acids is 1. The van der Waals surface area contributed by atoms with E-state index in [0.29, 0.717) is 30.7 Å². The molecule has 2 atom stereocenters. The Morgan fingerprint density at radius 3 is 2.62 bits per heavy atom. The van der Waals surface area contributed by atoms with Crippen LogP contribution in [0.4, 0.5) is 0 Å². The summed E-state index contributed by atoms with van der Waals surface area (Å²) in [5, 5.41) is 0. The van der Waals surface area contributed by atoms with E-state index in [2.05, 4.69) is 43.0 Å². The van der Waals surface area contributed by atoms with Crippen LogP contribution >= 0.6 is 0 Å². The molecule has 0 unspecified atom stereocenters. The van der Waals surface area contributed by atoms with E-state index >= 15 is 0 Å². The Morgan fingerprint density at radius 2 is 2.00 bits per heavy atom. The molecule has 0 spiro atoms. The number of hydrogen-bond acceptors (Lipinski definition) is 2. The van der Waals surface area contributed by atoms with E-state index < -0.39 is 0 Å². The molecule has 0 bridgehead atoms. The average molecular weight is 217 g/mol. The highest BCUT2D eigenvalue weighted by Crippen LogP contribution is 2.26. The number of rotatable bonds is 2. The fourth-order valence-electron chi connectivity index (χ4n) is 2.52. The predicted molar refractivity (Wildman–Crippen MR) is 65.3 cm³/mol. The van der Waals surface area contributed by atoms with Crippen molar-refractivity contribution < 1.29 is 4.79 Å². The maximum Gasteiger partial charge on any atom is 0.135 e. The van der Waals surface area contributed by atoms with Crippen LogP contribution in [0.2, 0.25) is 0 Å². The van der Waals surface area contributed by atoms with Crippen LogP contribution in [-0.2, 0) is 4.79 Å². The van der Waals surface area contributed by atoms with Crippen LogP contribution in [0.15, 0.2) is 30.3 Å². The highest BCUT2D eigenvalue weighted by Gasteiger charge is 2.27. The molecule has 1 fully saturated rings. The Balaban J connectivity index is 2.10. The van der Waals surface area contributed by atoms with Crippen molar-refractivity contribution in [3.8, 4) is 0 Å². The Labute approximate surface area is 97.3 Å². The lowest BCUT2D eigenvalue weighted by molar-refractivity contribution is -0.123. The number of Topliss-reactive ketones (excluding diaryl/α,β-unsaturated/α-hetero) is 1. The summed E-state index contributed by atoms with van der Waals surface area (Å²) in [6.07, 6.45) is 1.42. The van der Waals surface area contributed by atoms with Gasteiger partial charge in [-0.3, -0.25) is 9.69 Å². The predicted octanol–water partition coefficient (Wildman–Crippen LogP) is 2.80. The summed E-state index contributed by atoms with van der Waals surface area (Å²) < 4.78 is 0. The molecule has 2 nitrogen and oxygen atoms in total. The number of hydrogen-bond donors (Lipinski definition) is 0. The van der Waals surface area contributed by atoms with Gasteiger partial charge in [0.25, 0.3) is 0 Å². The van der Waals surface area contributed by atoms with Gasteiger partial charge in [0.05, 0.1) is 0 Å². The van der Waals surface area contributed by atoms with Crippen LogP contribution in [0.1, 0.15) is 38.3 Å². The van der Waals surface area contributed by atoms with E-state index in [-0.39, 0.29) is 0 Å². The minimum absolute atomic E-state index is 0.372. The van der Waals surface area contributed by atoms with E-state index in [0.717, 1.165) is 6.54 Å². The first kappa shape index (κ1) is 11.3. The standard InChI is InChI=1S/C14H19NO/c1-11-10-14(16)8-9-15(11)12(2)13-6-4-3-5-7-13/h3-7,11-12H,8-10H2,1-2H3/t11-,12-/m0/s1. The van der Waals surface area contributed by atoms with E-state index in [1.807, 2.05) is 6.07 Å². The third-order valence-corrected chi connectivity index (χ3v) is 3.52. The van der Waals surface area contributed by atoms with Crippen LogP contribution in [0.3, 0.4) is 0 Å². The number of piperidine rings is 1. The maximum atomic E-state index is 11.4. The lowest BCUT2D eigenvalue weighted by atomic mass is 9.97. The van der Waals surface area contributed by atoms with Crippen LogP contribution in [0, 0.1) is 0 Å². The Bertz CT molecular complexity index is 360. The van der Waals surface area contributed by atoms with Gasteiger partial charge in [0, 0.05) is 31.5 Å². The van der Waals surface area contributed by atoms with Gasteiger partial charge in [-0.1, -0.05) is 30.3 Å². The second kappa shape index (κ2) is 4.79. The van der Waals surface area contributed by atoms with Crippen molar-refractivity contribution in [2.75, 3.05) is 6.54 Å². The van der Waals surface area contributed by atoms with Gasteiger partial charge in [-0.2, -0.15) is 0 Å². The molecule has 1 aliphatic rings. The molecule has 1 aliphatic heterocycles. The molecule has 0 saturated carbocycles. The van der Waals surface area contributed by atoms with Crippen molar-refractivity contribution in [3.05, 3.63) is 35.9 Å². The monoisotopic (exact) mass is 217 g/mol. The normalized spacial score (nSPS) is 24.4. The van der Waals surface area contributed by atoms with Gasteiger partial charge >= 0.3 is 0 Å². The van der Waals surface area contributed by atoms with Gasteiger partial charge in [-0.05, 0) is 19.4 Å².